The minimum Gasteiger partial charge on any atom is -0.444 e. The second-order valence-electron chi connectivity index (χ2n) is 12.2. The molecule has 6 rings (SSSR count). The van der Waals surface area contributed by atoms with Crippen LogP contribution in [-0.2, 0) is 14.8 Å². The molecule has 0 bridgehead atoms. The number of fused-ring (bicyclic) bond motifs is 1. The summed E-state index contributed by atoms with van der Waals surface area (Å²) in [5.41, 5.74) is 4.02. The smallest absolute Gasteiger partial charge is 0.410 e. The maximum absolute atomic E-state index is 14.1. The number of carbonyl (C=O) groups is 1. The molecular formula is C34H36N6O4S. The number of rotatable bonds is 5. The van der Waals surface area contributed by atoms with Gasteiger partial charge in [0, 0.05) is 60.3 Å². The largest absolute Gasteiger partial charge is 0.444 e. The first-order valence-electron chi connectivity index (χ1n) is 14.9. The molecule has 0 unspecified atom stereocenters. The van der Waals surface area contributed by atoms with E-state index in [1.165, 1.54) is 3.97 Å². The number of pyridine rings is 3. The number of carbonyl (C=O) groups excluding carboxylic acids is 1. The molecule has 1 aromatic carbocycles. The van der Waals surface area contributed by atoms with Crippen LogP contribution >= 0.6 is 0 Å². The van der Waals surface area contributed by atoms with Gasteiger partial charge in [-0.05, 0) is 89.2 Å². The van der Waals surface area contributed by atoms with Gasteiger partial charge in [-0.3, -0.25) is 4.98 Å². The van der Waals surface area contributed by atoms with E-state index in [4.69, 9.17) is 14.7 Å². The van der Waals surface area contributed by atoms with Gasteiger partial charge >= 0.3 is 6.09 Å². The molecule has 10 nitrogen and oxygen atoms in total. The first-order valence-corrected chi connectivity index (χ1v) is 16.3. The van der Waals surface area contributed by atoms with Gasteiger partial charge in [0.2, 0.25) is 0 Å². The SMILES string of the molecule is Cc1cc(-c2cc3ccc(-c4ccc(N5CCN(C(=O)OC(C)(C)C)CC5)nc4)nc3n2S(=O)(=O)c2ccccc2)cc(C)n1. The van der Waals surface area contributed by atoms with Gasteiger partial charge < -0.3 is 14.5 Å². The van der Waals surface area contributed by atoms with Gasteiger partial charge in [0.05, 0.1) is 16.3 Å². The Morgan fingerprint density at radius 2 is 1.51 bits per heavy atom. The fourth-order valence-electron chi connectivity index (χ4n) is 5.51. The Hall–Kier alpha value is -4.77. The molecule has 1 saturated heterocycles. The summed E-state index contributed by atoms with van der Waals surface area (Å²) in [6.07, 6.45) is 1.45. The van der Waals surface area contributed by atoms with Crippen LogP contribution in [-0.4, -0.2) is 70.1 Å². The highest BCUT2D eigenvalue weighted by atomic mass is 32.2. The predicted molar refractivity (Wildman–Crippen MR) is 175 cm³/mol. The molecule has 232 valence electrons. The predicted octanol–water partition coefficient (Wildman–Crippen LogP) is 6.07. The quantitative estimate of drug-likeness (QED) is 0.232. The number of anilines is 1. The highest BCUT2D eigenvalue weighted by Crippen LogP contribution is 2.33. The van der Waals surface area contributed by atoms with E-state index in [2.05, 4.69) is 9.88 Å². The van der Waals surface area contributed by atoms with Gasteiger partial charge in [0.25, 0.3) is 10.0 Å². The van der Waals surface area contributed by atoms with Crippen molar-refractivity contribution in [2.24, 2.45) is 0 Å². The van der Waals surface area contributed by atoms with Crippen LogP contribution in [0.3, 0.4) is 0 Å². The van der Waals surface area contributed by atoms with Crippen LogP contribution in [0, 0.1) is 13.8 Å². The van der Waals surface area contributed by atoms with Crippen molar-refractivity contribution in [3.63, 3.8) is 0 Å². The average Bonchev–Trinajstić information content (AvgIpc) is 3.40. The van der Waals surface area contributed by atoms with Gasteiger partial charge in [-0.25, -0.2) is 27.2 Å². The fourth-order valence-corrected chi connectivity index (χ4v) is 7.01. The van der Waals surface area contributed by atoms with E-state index in [1.54, 1.807) is 41.4 Å². The molecule has 0 saturated carbocycles. The minimum atomic E-state index is -3.99. The molecule has 45 heavy (non-hydrogen) atoms. The summed E-state index contributed by atoms with van der Waals surface area (Å²) in [6, 6.07) is 21.7. The van der Waals surface area contributed by atoms with E-state index in [0.29, 0.717) is 48.6 Å². The Morgan fingerprint density at radius 3 is 2.13 bits per heavy atom. The molecule has 0 radical (unpaired) electrons. The monoisotopic (exact) mass is 624 g/mol. The lowest BCUT2D eigenvalue weighted by Crippen LogP contribution is -2.50. The molecule has 1 aliphatic rings. The van der Waals surface area contributed by atoms with E-state index in [-0.39, 0.29) is 11.0 Å². The summed E-state index contributed by atoms with van der Waals surface area (Å²) < 4.78 is 35.1. The number of hydrogen-bond donors (Lipinski definition) is 0. The van der Waals surface area contributed by atoms with E-state index >= 15 is 0 Å². The zero-order valence-corrected chi connectivity index (χ0v) is 26.9. The Kier molecular flexibility index (Phi) is 7.82. The number of aromatic nitrogens is 4. The fraction of sp³-hybridized carbons (Fsp3) is 0.294. The van der Waals surface area contributed by atoms with Crippen LogP contribution in [0.25, 0.3) is 33.5 Å². The highest BCUT2D eigenvalue weighted by molar-refractivity contribution is 7.90. The van der Waals surface area contributed by atoms with Crippen LogP contribution in [0.5, 0.6) is 0 Å². The van der Waals surface area contributed by atoms with Gasteiger partial charge in [-0.1, -0.05) is 18.2 Å². The number of amides is 1. The van der Waals surface area contributed by atoms with Gasteiger partial charge in [-0.2, -0.15) is 0 Å². The zero-order valence-electron chi connectivity index (χ0n) is 26.1. The normalized spacial score (nSPS) is 14.2. The third-order valence-electron chi connectivity index (χ3n) is 7.57. The molecular weight excluding hydrogens is 588 g/mol. The summed E-state index contributed by atoms with van der Waals surface area (Å²) >= 11 is 0. The summed E-state index contributed by atoms with van der Waals surface area (Å²) in [7, 11) is -3.99. The first kappa shape index (κ1) is 30.3. The lowest BCUT2D eigenvalue weighted by molar-refractivity contribution is 0.0240. The standard InChI is InChI=1S/C34H36N6O4S/c1-23-19-27(20-24(2)36-23)30-21-25-11-13-29(37-32(25)40(30)45(42,43)28-9-7-6-8-10-28)26-12-14-31(35-22-26)38-15-17-39(18-16-38)33(41)44-34(3,4)5/h6-14,19-22H,15-18H2,1-5H3. The summed E-state index contributed by atoms with van der Waals surface area (Å²) in [5.74, 6) is 0.796. The molecule has 0 atom stereocenters. The molecule has 1 fully saturated rings. The second kappa shape index (κ2) is 11.6. The number of piperazine rings is 1. The molecule has 5 heterocycles. The van der Waals surface area contributed by atoms with Crippen molar-refractivity contribution in [1.82, 2.24) is 23.8 Å². The summed E-state index contributed by atoms with van der Waals surface area (Å²) in [6.45, 7) is 11.7. The number of ether oxygens (including phenoxy) is 1. The Labute approximate surface area is 263 Å². The lowest BCUT2D eigenvalue weighted by Gasteiger charge is -2.36. The third kappa shape index (κ3) is 6.26. The van der Waals surface area contributed by atoms with Crippen molar-refractivity contribution in [2.45, 2.75) is 45.1 Å². The van der Waals surface area contributed by atoms with E-state index < -0.39 is 15.6 Å². The number of nitrogens with zero attached hydrogens (tertiary/aromatic N) is 6. The van der Waals surface area contributed by atoms with E-state index in [9.17, 15) is 13.2 Å². The Bertz CT molecular complexity index is 1960. The van der Waals surface area contributed by atoms with Crippen molar-refractivity contribution < 1.29 is 17.9 Å². The number of hydrogen-bond acceptors (Lipinski definition) is 8. The van der Waals surface area contributed by atoms with Gasteiger partial charge in [0.15, 0.2) is 5.65 Å². The molecule has 11 heteroatoms. The number of aryl methyl sites for hydroxylation is 2. The maximum atomic E-state index is 14.1. The molecule has 0 N–H and O–H groups in total. The molecule has 4 aromatic heterocycles. The molecule has 5 aromatic rings. The van der Waals surface area contributed by atoms with Gasteiger partial charge in [-0.15, -0.1) is 0 Å². The van der Waals surface area contributed by atoms with Crippen LogP contribution in [0.2, 0.25) is 0 Å². The average molecular weight is 625 g/mol. The molecule has 1 aliphatic heterocycles. The van der Waals surface area contributed by atoms with Crippen LogP contribution in [0.15, 0.2) is 83.9 Å². The number of benzene rings is 1. The molecule has 0 aliphatic carbocycles. The van der Waals surface area contributed by atoms with Crippen LogP contribution in [0.1, 0.15) is 32.2 Å². The van der Waals surface area contributed by atoms with Crippen molar-refractivity contribution in [3.05, 3.63) is 90.4 Å². The van der Waals surface area contributed by atoms with E-state index in [0.717, 1.165) is 28.3 Å². The van der Waals surface area contributed by atoms with Gasteiger partial charge in [0.1, 0.15) is 11.4 Å². The lowest BCUT2D eigenvalue weighted by atomic mass is 10.1. The first-order chi connectivity index (χ1) is 21.4. The topological polar surface area (TPSA) is 111 Å². The van der Waals surface area contributed by atoms with Crippen LogP contribution in [0.4, 0.5) is 10.6 Å². The Morgan fingerprint density at radius 1 is 0.822 bits per heavy atom. The minimum absolute atomic E-state index is 0.177. The van der Waals surface area contributed by atoms with Crippen molar-refractivity contribution in [2.75, 3.05) is 31.1 Å². The zero-order chi connectivity index (χ0) is 31.9. The van der Waals surface area contributed by atoms with Crippen molar-refractivity contribution in [3.8, 4) is 22.5 Å². The Balaban J connectivity index is 1.33. The van der Waals surface area contributed by atoms with Crippen molar-refractivity contribution in [1.29, 1.82) is 0 Å². The summed E-state index contributed by atoms with van der Waals surface area (Å²) in [5, 5.41) is 0.702. The second-order valence-corrected chi connectivity index (χ2v) is 14.0. The summed E-state index contributed by atoms with van der Waals surface area (Å²) in [4.78, 5) is 30.5. The van der Waals surface area contributed by atoms with Crippen LogP contribution < -0.4 is 4.90 Å². The van der Waals surface area contributed by atoms with Crippen molar-refractivity contribution >= 4 is 33.0 Å². The highest BCUT2D eigenvalue weighted by Gasteiger charge is 2.27. The molecule has 1 amide bonds. The van der Waals surface area contributed by atoms with E-state index in [1.807, 2.05) is 77.1 Å². The third-order valence-corrected chi connectivity index (χ3v) is 9.28. The maximum Gasteiger partial charge on any atom is 0.410 e. The molecule has 0 spiro atoms.